The van der Waals surface area contributed by atoms with Crippen LogP contribution in [-0.2, 0) is 24.2 Å². The molecule has 1 fully saturated rings. The van der Waals surface area contributed by atoms with Gasteiger partial charge in [0.05, 0.1) is 30.6 Å². The van der Waals surface area contributed by atoms with Crippen LogP contribution in [0.4, 0.5) is 0 Å². The first kappa shape index (κ1) is 23.2. The van der Waals surface area contributed by atoms with E-state index in [2.05, 4.69) is 30.5 Å². The van der Waals surface area contributed by atoms with E-state index in [1.807, 2.05) is 6.20 Å². The monoisotopic (exact) mass is 495 g/mol. The number of H-pyrrole nitrogens is 1. The lowest BCUT2D eigenvalue weighted by molar-refractivity contribution is -0.126. The lowest BCUT2D eigenvalue weighted by Crippen LogP contribution is -2.43. The summed E-state index contributed by atoms with van der Waals surface area (Å²) in [6, 6.07) is 3.34. The summed E-state index contributed by atoms with van der Waals surface area (Å²) >= 11 is 6.25. The van der Waals surface area contributed by atoms with E-state index < -0.39 is 0 Å². The minimum Gasteiger partial charge on any atom is -0.481 e. The number of hydrogen-bond donors (Lipinski definition) is 2. The molecule has 5 rings (SSSR count). The Labute approximate surface area is 207 Å². The van der Waals surface area contributed by atoms with Crippen LogP contribution in [0.15, 0.2) is 24.5 Å². The number of amides is 2. The van der Waals surface area contributed by atoms with Gasteiger partial charge in [0.2, 0.25) is 11.8 Å². The van der Waals surface area contributed by atoms with Crippen LogP contribution in [-0.4, -0.2) is 62.1 Å². The van der Waals surface area contributed by atoms with Gasteiger partial charge in [-0.3, -0.25) is 14.7 Å². The minimum absolute atomic E-state index is 0.0219. The SMILES string of the molecule is COc1cc(-c2cc(C(=O)N3CCC(C(=O)NCc4ncc5c(n4)CCC5)CC3)[nH]n2)c(Cl)cn1. The summed E-state index contributed by atoms with van der Waals surface area (Å²) in [6.45, 7) is 1.30. The molecule has 2 aliphatic rings. The van der Waals surface area contributed by atoms with Crippen LogP contribution in [0.3, 0.4) is 0 Å². The fourth-order valence-corrected chi connectivity index (χ4v) is 4.76. The number of rotatable bonds is 6. The van der Waals surface area contributed by atoms with E-state index in [9.17, 15) is 9.59 Å². The molecule has 1 aliphatic carbocycles. The number of nitrogens with one attached hydrogen (secondary N) is 2. The molecule has 3 aromatic rings. The normalized spacial score (nSPS) is 15.7. The lowest BCUT2D eigenvalue weighted by Gasteiger charge is -2.31. The summed E-state index contributed by atoms with van der Waals surface area (Å²) in [5.74, 6) is 0.725. The third-order valence-electron chi connectivity index (χ3n) is 6.56. The van der Waals surface area contributed by atoms with Crippen molar-refractivity contribution in [2.45, 2.75) is 38.6 Å². The smallest absolute Gasteiger partial charge is 0.271 e. The van der Waals surface area contributed by atoms with Crippen LogP contribution in [0.5, 0.6) is 5.88 Å². The highest BCUT2D eigenvalue weighted by Gasteiger charge is 2.29. The maximum absolute atomic E-state index is 13.0. The van der Waals surface area contributed by atoms with Crippen LogP contribution < -0.4 is 10.1 Å². The molecule has 10 nitrogen and oxygen atoms in total. The van der Waals surface area contributed by atoms with Crippen molar-refractivity contribution in [2.75, 3.05) is 20.2 Å². The molecule has 0 atom stereocenters. The predicted octanol–water partition coefficient (Wildman–Crippen LogP) is 2.58. The molecule has 2 N–H and O–H groups in total. The van der Waals surface area contributed by atoms with E-state index >= 15 is 0 Å². The molecule has 2 amide bonds. The zero-order valence-corrected chi connectivity index (χ0v) is 20.1. The summed E-state index contributed by atoms with van der Waals surface area (Å²) in [5, 5.41) is 10.4. The first-order chi connectivity index (χ1) is 17.0. The van der Waals surface area contributed by atoms with Gasteiger partial charge >= 0.3 is 0 Å². The average Bonchev–Trinajstić information content (AvgIpc) is 3.57. The second-order valence-corrected chi connectivity index (χ2v) is 9.18. The number of aromatic nitrogens is 5. The number of fused-ring (bicyclic) bond motifs is 1. The molecule has 0 saturated carbocycles. The van der Waals surface area contributed by atoms with Gasteiger partial charge in [0, 0.05) is 42.5 Å². The van der Waals surface area contributed by atoms with Crippen LogP contribution in [0.2, 0.25) is 5.02 Å². The van der Waals surface area contributed by atoms with Gasteiger partial charge in [-0.05, 0) is 43.7 Å². The fraction of sp³-hybridized carbons (Fsp3) is 0.417. The van der Waals surface area contributed by atoms with E-state index in [0.29, 0.717) is 66.2 Å². The van der Waals surface area contributed by atoms with Crippen LogP contribution in [0.1, 0.15) is 46.8 Å². The van der Waals surface area contributed by atoms with Gasteiger partial charge in [-0.2, -0.15) is 5.10 Å². The highest BCUT2D eigenvalue weighted by molar-refractivity contribution is 6.33. The van der Waals surface area contributed by atoms with Crippen molar-refractivity contribution in [3.63, 3.8) is 0 Å². The zero-order valence-electron chi connectivity index (χ0n) is 19.4. The number of carbonyl (C=O) groups is 2. The quantitative estimate of drug-likeness (QED) is 0.538. The fourth-order valence-electron chi connectivity index (χ4n) is 4.56. The Hall–Kier alpha value is -3.53. The lowest BCUT2D eigenvalue weighted by atomic mass is 9.95. The van der Waals surface area contributed by atoms with Gasteiger partial charge in [-0.1, -0.05) is 11.6 Å². The molecule has 0 aromatic carbocycles. The van der Waals surface area contributed by atoms with Crippen molar-refractivity contribution in [3.05, 3.63) is 52.3 Å². The molecular formula is C24H26ClN7O3. The highest BCUT2D eigenvalue weighted by atomic mass is 35.5. The number of methoxy groups -OCH3 is 1. The number of pyridine rings is 1. The topological polar surface area (TPSA) is 126 Å². The predicted molar refractivity (Wildman–Crippen MR) is 128 cm³/mol. The standard InChI is InChI=1S/C24H26ClN7O3/c1-35-22-9-16(17(25)12-27-22)19-10-20(31-30-19)24(34)32-7-5-14(6-8-32)23(33)28-13-21-26-11-15-3-2-4-18(15)29-21/h9-12,14H,2-8,13H2,1H3,(H,28,33)(H,30,31). The summed E-state index contributed by atoms with van der Waals surface area (Å²) in [5.41, 5.74) is 3.83. The number of ether oxygens (including phenoxy) is 1. The largest absolute Gasteiger partial charge is 0.481 e. The van der Waals surface area contributed by atoms with E-state index in [0.717, 1.165) is 25.0 Å². The van der Waals surface area contributed by atoms with Crippen LogP contribution in [0.25, 0.3) is 11.3 Å². The number of nitrogens with zero attached hydrogens (tertiary/aromatic N) is 5. The molecule has 4 heterocycles. The Balaban J connectivity index is 1.15. The highest BCUT2D eigenvalue weighted by Crippen LogP contribution is 2.29. The van der Waals surface area contributed by atoms with E-state index in [-0.39, 0.29) is 17.7 Å². The Kier molecular flexibility index (Phi) is 6.63. The number of aromatic amines is 1. The Bertz CT molecular complexity index is 1250. The third kappa shape index (κ3) is 4.97. The van der Waals surface area contributed by atoms with Crippen LogP contribution in [0, 0.1) is 5.92 Å². The summed E-state index contributed by atoms with van der Waals surface area (Å²) in [7, 11) is 1.52. The van der Waals surface area contributed by atoms with Crippen molar-refractivity contribution in [1.29, 1.82) is 0 Å². The van der Waals surface area contributed by atoms with Crippen molar-refractivity contribution >= 4 is 23.4 Å². The number of hydrogen-bond acceptors (Lipinski definition) is 7. The number of halogens is 1. The third-order valence-corrected chi connectivity index (χ3v) is 6.86. The summed E-state index contributed by atoms with van der Waals surface area (Å²) in [6.07, 6.45) is 7.68. The zero-order chi connectivity index (χ0) is 24.4. The molecule has 0 spiro atoms. The number of likely N-dealkylation sites (tertiary alicyclic amines) is 1. The van der Waals surface area contributed by atoms with Gasteiger partial charge < -0.3 is 15.0 Å². The second kappa shape index (κ2) is 9.99. The van der Waals surface area contributed by atoms with Gasteiger partial charge in [0.1, 0.15) is 11.5 Å². The first-order valence-electron chi connectivity index (χ1n) is 11.7. The Morgan fingerprint density at radius 1 is 1.20 bits per heavy atom. The first-order valence-corrected chi connectivity index (χ1v) is 12.1. The maximum Gasteiger partial charge on any atom is 0.271 e. The molecule has 0 bridgehead atoms. The molecule has 182 valence electrons. The average molecular weight is 496 g/mol. The van der Waals surface area contributed by atoms with Gasteiger partial charge in [0.25, 0.3) is 5.91 Å². The van der Waals surface area contributed by atoms with Gasteiger partial charge in [-0.25, -0.2) is 15.0 Å². The van der Waals surface area contributed by atoms with Crippen molar-refractivity contribution < 1.29 is 14.3 Å². The Morgan fingerprint density at radius 3 is 2.83 bits per heavy atom. The summed E-state index contributed by atoms with van der Waals surface area (Å²) < 4.78 is 5.15. The van der Waals surface area contributed by atoms with Gasteiger partial charge in [0.15, 0.2) is 0 Å². The molecule has 0 radical (unpaired) electrons. The molecule has 1 saturated heterocycles. The molecular weight excluding hydrogens is 470 g/mol. The molecule has 1 aliphatic heterocycles. The van der Waals surface area contributed by atoms with Gasteiger partial charge in [-0.15, -0.1) is 0 Å². The van der Waals surface area contributed by atoms with E-state index in [1.54, 1.807) is 17.0 Å². The second-order valence-electron chi connectivity index (χ2n) is 8.77. The van der Waals surface area contributed by atoms with E-state index in [4.69, 9.17) is 16.3 Å². The number of piperidine rings is 1. The Morgan fingerprint density at radius 2 is 2.03 bits per heavy atom. The maximum atomic E-state index is 13.0. The molecule has 3 aromatic heterocycles. The molecule has 35 heavy (non-hydrogen) atoms. The van der Waals surface area contributed by atoms with E-state index in [1.165, 1.54) is 18.9 Å². The van der Waals surface area contributed by atoms with Crippen LogP contribution >= 0.6 is 11.6 Å². The van der Waals surface area contributed by atoms with Crippen molar-refractivity contribution in [3.8, 4) is 17.1 Å². The summed E-state index contributed by atoms with van der Waals surface area (Å²) in [4.78, 5) is 40.4. The van der Waals surface area contributed by atoms with Crippen molar-refractivity contribution in [2.24, 2.45) is 5.92 Å². The minimum atomic E-state index is -0.161. The number of carbonyl (C=O) groups excluding carboxylic acids is 2. The van der Waals surface area contributed by atoms with Crippen molar-refractivity contribution in [1.82, 2.24) is 35.4 Å². The molecule has 11 heteroatoms. The number of aryl methyl sites for hydroxylation is 2. The molecule has 0 unspecified atom stereocenters.